The van der Waals surface area contributed by atoms with Gasteiger partial charge in [-0.2, -0.15) is 0 Å². The molecular weight excluding hydrogens is 340 g/mol. The molecule has 0 aliphatic carbocycles. The molecule has 1 unspecified atom stereocenters. The molecule has 1 fully saturated rings. The average Bonchev–Trinajstić information content (AvgIpc) is 3.39. The van der Waals surface area contributed by atoms with Crippen LogP contribution in [0.4, 0.5) is 4.79 Å². The van der Waals surface area contributed by atoms with Crippen molar-refractivity contribution in [3.05, 3.63) is 54.7 Å². The number of nitrogens with one attached hydrogen (secondary N) is 2. The van der Waals surface area contributed by atoms with Crippen molar-refractivity contribution in [3.8, 4) is 0 Å². The van der Waals surface area contributed by atoms with Crippen LogP contribution in [0.15, 0.2) is 54.2 Å². The minimum atomic E-state index is -0.0565. The number of amidine groups is 1. The first-order valence-electron chi connectivity index (χ1n) is 9.35. The number of aromatic amines is 1. The predicted octanol–water partition coefficient (Wildman–Crippen LogP) is 2.81. The van der Waals surface area contributed by atoms with Gasteiger partial charge in [0.25, 0.3) is 0 Å². The Morgan fingerprint density at radius 3 is 3.00 bits per heavy atom. The van der Waals surface area contributed by atoms with Gasteiger partial charge < -0.3 is 14.5 Å². The maximum Gasteiger partial charge on any atom is 0.323 e. The fourth-order valence-electron chi connectivity index (χ4n) is 3.55. The number of rotatable bonds is 7. The van der Waals surface area contributed by atoms with Crippen molar-refractivity contribution < 1.29 is 4.79 Å². The minimum absolute atomic E-state index is 0.0109. The lowest BCUT2D eigenvalue weighted by molar-refractivity contribution is 0.206. The van der Waals surface area contributed by atoms with E-state index in [2.05, 4.69) is 32.4 Å². The van der Waals surface area contributed by atoms with Gasteiger partial charge in [0.05, 0.1) is 12.4 Å². The van der Waals surface area contributed by atoms with Crippen LogP contribution in [0.25, 0.3) is 10.9 Å². The smallest absolute Gasteiger partial charge is 0.323 e. The van der Waals surface area contributed by atoms with Gasteiger partial charge in [-0.3, -0.25) is 10.3 Å². The van der Waals surface area contributed by atoms with E-state index < -0.39 is 0 Å². The summed E-state index contributed by atoms with van der Waals surface area (Å²) in [5.74, 6) is 0.766. The molecule has 0 radical (unpaired) electrons. The number of urea groups is 1. The Balaban J connectivity index is 1.32. The summed E-state index contributed by atoms with van der Waals surface area (Å²) >= 11 is 0. The Bertz CT molecular complexity index is 942. The lowest BCUT2D eigenvalue weighted by Crippen LogP contribution is -2.34. The van der Waals surface area contributed by atoms with Crippen LogP contribution >= 0.6 is 0 Å². The highest BCUT2D eigenvalue weighted by atomic mass is 16.2. The van der Waals surface area contributed by atoms with Crippen LogP contribution < -0.4 is 5.32 Å². The molecule has 3 aromatic rings. The lowest BCUT2D eigenvalue weighted by Gasteiger charge is -2.19. The number of hydrogen-bond donors (Lipinski definition) is 2. The summed E-state index contributed by atoms with van der Waals surface area (Å²) in [6.45, 7) is 4.24. The summed E-state index contributed by atoms with van der Waals surface area (Å²) in [7, 11) is 0. The maximum atomic E-state index is 12.3. The molecule has 2 amide bonds. The first-order chi connectivity index (χ1) is 13.2. The summed E-state index contributed by atoms with van der Waals surface area (Å²) in [5, 5.41) is 4.16. The quantitative estimate of drug-likeness (QED) is 0.676. The van der Waals surface area contributed by atoms with E-state index in [1.807, 2.05) is 40.9 Å². The predicted molar refractivity (Wildman–Crippen MR) is 106 cm³/mol. The molecule has 4 rings (SSSR count). The second kappa shape index (κ2) is 7.65. The van der Waals surface area contributed by atoms with E-state index in [1.165, 1.54) is 10.9 Å². The largest absolute Gasteiger partial charge is 0.361 e. The zero-order valence-corrected chi connectivity index (χ0v) is 15.4. The molecule has 3 heterocycles. The Morgan fingerprint density at radius 1 is 1.26 bits per heavy atom. The molecule has 1 atom stereocenters. The number of aryl methyl sites for hydroxylation is 1. The third kappa shape index (κ3) is 3.72. The van der Waals surface area contributed by atoms with Gasteiger partial charge in [-0.05, 0) is 31.4 Å². The van der Waals surface area contributed by atoms with Gasteiger partial charge in [0.1, 0.15) is 5.84 Å². The Morgan fingerprint density at radius 2 is 2.15 bits per heavy atom. The molecule has 1 aliphatic rings. The van der Waals surface area contributed by atoms with Crippen molar-refractivity contribution in [3.63, 3.8) is 0 Å². The zero-order chi connectivity index (χ0) is 18.6. The molecule has 27 heavy (non-hydrogen) atoms. The number of benzene rings is 1. The number of nitrogens with zero attached hydrogens (tertiary/aromatic N) is 4. The fraction of sp³-hybridized carbons (Fsp3) is 0.350. The van der Waals surface area contributed by atoms with E-state index >= 15 is 0 Å². The molecule has 0 bridgehead atoms. The van der Waals surface area contributed by atoms with Crippen LogP contribution in [0.2, 0.25) is 0 Å². The van der Waals surface area contributed by atoms with E-state index in [9.17, 15) is 4.79 Å². The molecule has 2 aromatic heterocycles. The second-order valence-electron chi connectivity index (χ2n) is 6.83. The topological polar surface area (TPSA) is 78.3 Å². The summed E-state index contributed by atoms with van der Waals surface area (Å²) in [6, 6.07) is 8.20. The maximum absolute atomic E-state index is 12.3. The van der Waals surface area contributed by atoms with Gasteiger partial charge in [0, 0.05) is 49.1 Å². The molecule has 0 spiro atoms. The highest BCUT2D eigenvalue weighted by molar-refractivity contribution is 6.06. The fourth-order valence-corrected chi connectivity index (χ4v) is 3.55. The van der Waals surface area contributed by atoms with Crippen molar-refractivity contribution >= 4 is 22.8 Å². The molecule has 7 heteroatoms. The minimum Gasteiger partial charge on any atom is -0.361 e. The average molecular weight is 364 g/mol. The Labute approximate surface area is 158 Å². The van der Waals surface area contributed by atoms with Crippen LogP contribution in [0, 0.1) is 0 Å². The standard InChI is InChI=1S/C20H24N6O/c1-15-19(22-8-7-16-13-23-18-6-3-2-5-17(16)18)24-20(27)26(15)11-4-10-25-12-9-21-14-25/h2-3,5-6,9,12-15,23H,4,7-8,10-11H2,1H3,(H,22,24,27). The Hall–Kier alpha value is -3.09. The van der Waals surface area contributed by atoms with E-state index in [0.29, 0.717) is 13.1 Å². The van der Waals surface area contributed by atoms with Crippen molar-refractivity contribution in [2.24, 2.45) is 4.99 Å². The number of H-pyrrole nitrogens is 1. The van der Waals surface area contributed by atoms with Crippen LogP contribution in [0.1, 0.15) is 18.9 Å². The van der Waals surface area contributed by atoms with Gasteiger partial charge in [-0.15, -0.1) is 0 Å². The number of aliphatic imine (C=N–C) groups is 1. The highest BCUT2D eigenvalue weighted by Gasteiger charge is 2.32. The van der Waals surface area contributed by atoms with Crippen molar-refractivity contribution in [2.75, 3.05) is 13.1 Å². The van der Waals surface area contributed by atoms with Gasteiger partial charge in [-0.25, -0.2) is 9.78 Å². The van der Waals surface area contributed by atoms with Crippen molar-refractivity contribution in [1.29, 1.82) is 0 Å². The number of hydrogen-bond acceptors (Lipinski definition) is 3. The van der Waals surface area contributed by atoms with E-state index in [4.69, 9.17) is 0 Å². The van der Waals surface area contributed by atoms with Gasteiger partial charge in [-0.1, -0.05) is 18.2 Å². The number of fused-ring (bicyclic) bond motifs is 1. The van der Waals surface area contributed by atoms with Gasteiger partial charge in [0.2, 0.25) is 0 Å². The summed E-state index contributed by atoms with van der Waals surface area (Å²) < 4.78 is 2.02. The van der Waals surface area contributed by atoms with Crippen LogP contribution in [0.5, 0.6) is 0 Å². The first-order valence-corrected chi connectivity index (χ1v) is 9.35. The van der Waals surface area contributed by atoms with Crippen molar-refractivity contribution in [2.45, 2.75) is 32.4 Å². The summed E-state index contributed by atoms with van der Waals surface area (Å²) in [6.07, 6.45) is 9.28. The SMILES string of the molecule is CC1C(=NCCc2c[nH]c3ccccc23)NC(=O)N1CCCn1ccnc1. The molecule has 7 nitrogen and oxygen atoms in total. The molecule has 0 saturated carbocycles. The molecule has 2 N–H and O–H groups in total. The van der Waals surface area contributed by atoms with Crippen molar-refractivity contribution in [1.82, 2.24) is 24.8 Å². The van der Waals surface area contributed by atoms with E-state index in [-0.39, 0.29) is 12.1 Å². The second-order valence-corrected chi connectivity index (χ2v) is 6.83. The van der Waals surface area contributed by atoms with Crippen LogP contribution in [0.3, 0.4) is 0 Å². The molecule has 1 aliphatic heterocycles. The van der Waals surface area contributed by atoms with Crippen LogP contribution in [-0.2, 0) is 13.0 Å². The van der Waals surface area contributed by atoms with E-state index in [1.54, 1.807) is 12.5 Å². The van der Waals surface area contributed by atoms with Gasteiger partial charge >= 0.3 is 6.03 Å². The molecule has 1 aromatic carbocycles. The number of para-hydroxylation sites is 1. The van der Waals surface area contributed by atoms with Gasteiger partial charge in [0.15, 0.2) is 0 Å². The summed E-state index contributed by atoms with van der Waals surface area (Å²) in [5.41, 5.74) is 2.40. The van der Waals surface area contributed by atoms with E-state index in [0.717, 1.165) is 30.7 Å². The molecular formula is C20H24N6O. The Kier molecular flexibility index (Phi) is 4.91. The normalized spacial score (nSPS) is 18.6. The first kappa shape index (κ1) is 17.3. The molecule has 1 saturated heterocycles. The number of carbonyl (C=O) groups excluding carboxylic acids is 1. The lowest BCUT2D eigenvalue weighted by atomic mass is 10.1. The van der Waals surface area contributed by atoms with Crippen LogP contribution in [-0.4, -0.2) is 50.4 Å². The monoisotopic (exact) mass is 364 g/mol. The number of aromatic nitrogens is 3. The highest BCUT2D eigenvalue weighted by Crippen LogP contribution is 2.18. The third-order valence-electron chi connectivity index (χ3n) is 5.07. The third-order valence-corrected chi connectivity index (χ3v) is 5.07. The number of carbonyl (C=O) groups is 1. The zero-order valence-electron chi connectivity index (χ0n) is 15.4. The number of amides is 2. The number of imidazole rings is 1. The summed E-state index contributed by atoms with van der Waals surface area (Å²) in [4.78, 5) is 26.1. The molecule has 140 valence electrons.